The molecule has 0 amide bonds. The molecule has 0 saturated carbocycles. The van der Waals surface area contributed by atoms with Crippen LogP contribution in [0.2, 0.25) is 0 Å². The summed E-state index contributed by atoms with van der Waals surface area (Å²) in [5.74, 6) is 0.347. The maximum absolute atomic E-state index is 9.13. The highest BCUT2D eigenvalue weighted by molar-refractivity contribution is 5.81. The minimum Gasteiger partial charge on any atom is -0.394 e. The Morgan fingerprint density at radius 1 is 1.15 bits per heavy atom. The Labute approximate surface area is 157 Å². The quantitative estimate of drug-likeness (QED) is 0.474. The first-order valence-electron chi connectivity index (χ1n) is 8.58. The van der Waals surface area contributed by atoms with E-state index in [0.29, 0.717) is 22.5 Å². The van der Waals surface area contributed by atoms with Gasteiger partial charge in [-0.2, -0.15) is 0 Å². The minimum atomic E-state index is -1.34. The molecule has 0 fully saturated rings. The van der Waals surface area contributed by atoms with Crippen molar-refractivity contribution >= 4 is 17.0 Å². The fourth-order valence-corrected chi connectivity index (χ4v) is 2.37. The summed E-state index contributed by atoms with van der Waals surface area (Å²) >= 11 is 0. The molecule has 0 radical (unpaired) electrons. The molecule has 0 spiro atoms. The van der Waals surface area contributed by atoms with Gasteiger partial charge in [0, 0.05) is 5.56 Å². The summed E-state index contributed by atoms with van der Waals surface area (Å²) in [4.78, 5) is 12.2. The number of aromatic nitrogens is 4. The highest BCUT2D eigenvalue weighted by atomic mass is 16.5. The Kier molecular flexibility index (Phi) is 7.62. The van der Waals surface area contributed by atoms with Crippen molar-refractivity contribution in [1.29, 1.82) is 0 Å². The molecule has 5 N–H and O–H groups in total. The third-order valence-electron chi connectivity index (χ3n) is 3.92. The van der Waals surface area contributed by atoms with Gasteiger partial charge in [-0.05, 0) is 13.3 Å². The van der Waals surface area contributed by atoms with Gasteiger partial charge in [-0.1, -0.05) is 37.3 Å². The molecule has 9 nitrogen and oxygen atoms in total. The molecule has 0 saturated heterocycles. The molecule has 0 aliphatic carbocycles. The largest absolute Gasteiger partial charge is 0.394 e. The highest BCUT2D eigenvalue weighted by Crippen LogP contribution is 2.20. The molecule has 2 heterocycles. The Morgan fingerprint density at radius 2 is 1.85 bits per heavy atom. The summed E-state index contributed by atoms with van der Waals surface area (Å²) in [6.45, 7) is 3.82. The molecule has 1 aromatic carbocycles. The van der Waals surface area contributed by atoms with E-state index in [0.717, 1.165) is 6.42 Å². The second kappa shape index (κ2) is 9.93. The lowest BCUT2D eigenvalue weighted by Crippen LogP contribution is -2.21. The predicted octanol–water partition coefficient (Wildman–Crippen LogP) is 1.38. The summed E-state index contributed by atoms with van der Waals surface area (Å²) < 4.78 is 7.48. The molecule has 2 unspecified atom stereocenters. The van der Waals surface area contributed by atoms with Crippen LogP contribution in [0.15, 0.2) is 43.0 Å². The van der Waals surface area contributed by atoms with Crippen molar-refractivity contribution < 1.29 is 20.1 Å². The number of rotatable bonds is 6. The van der Waals surface area contributed by atoms with Gasteiger partial charge in [0.15, 0.2) is 17.8 Å². The zero-order valence-corrected chi connectivity index (χ0v) is 15.3. The molecular weight excluding hydrogens is 350 g/mol. The number of hydrogen-bond acceptors (Lipinski definition) is 8. The van der Waals surface area contributed by atoms with Crippen LogP contribution in [0.3, 0.4) is 0 Å². The van der Waals surface area contributed by atoms with Crippen LogP contribution in [0.1, 0.15) is 38.3 Å². The van der Waals surface area contributed by atoms with Crippen LogP contribution >= 0.6 is 0 Å². The van der Waals surface area contributed by atoms with E-state index in [9.17, 15) is 0 Å². The van der Waals surface area contributed by atoms with Crippen LogP contribution in [0, 0.1) is 0 Å². The monoisotopic (exact) mass is 375 g/mol. The number of nitrogen functional groups attached to an aromatic ring is 1. The van der Waals surface area contributed by atoms with Gasteiger partial charge in [0.2, 0.25) is 0 Å². The molecule has 3 aromatic rings. The van der Waals surface area contributed by atoms with Crippen molar-refractivity contribution in [2.75, 3.05) is 12.3 Å². The fraction of sp³-hybridized carbons (Fsp3) is 0.389. The lowest BCUT2D eigenvalue weighted by Gasteiger charge is -2.20. The van der Waals surface area contributed by atoms with Gasteiger partial charge in [0.25, 0.3) is 0 Å². The van der Waals surface area contributed by atoms with Crippen LogP contribution in [0.4, 0.5) is 5.82 Å². The summed E-state index contributed by atoms with van der Waals surface area (Å²) in [6.07, 6.45) is 1.94. The maximum Gasteiger partial charge on any atom is 0.178 e. The number of fused-ring (bicyclic) bond motifs is 1. The highest BCUT2D eigenvalue weighted by Gasteiger charge is 2.16. The molecule has 0 aliphatic rings. The van der Waals surface area contributed by atoms with E-state index in [4.69, 9.17) is 25.8 Å². The van der Waals surface area contributed by atoms with Gasteiger partial charge in [0.1, 0.15) is 18.1 Å². The van der Waals surface area contributed by atoms with E-state index in [1.54, 1.807) is 35.2 Å². The van der Waals surface area contributed by atoms with Crippen molar-refractivity contribution in [3.63, 3.8) is 0 Å². The first kappa shape index (κ1) is 20.7. The van der Waals surface area contributed by atoms with Gasteiger partial charge >= 0.3 is 0 Å². The third-order valence-corrected chi connectivity index (χ3v) is 3.92. The van der Waals surface area contributed by atoms with E-state index in [1.165, 1.54) is 6.33 Å². The lowest BCUT2D eigenvalue weighted by molar-refractivity contribution is -0.0647. The summed E-state index contributed by atoms with van der Waals surface area (Å²) in [6, 6.07) is 8.66. The number of hydrogen-bond donors (Lipinski definition) is 4. The van der Waals surface area contributed by atoms with Crippen molar-refractivity contribution in [1.82, 2.24) is 19.5 Å². The van der Waals surface area contributed by atoms with Gasteiger partial charge < -0.3 is 25.8 Å². The number of nitrogens with zero attached hydrogens (tertiary/aromatic N) is 4. The predicted molar refractivity (Wildman–Crippen MR) is 100 cm³/mol. The fourth-order valence-electron chi connectivity index (χ4n) is 2.37. The van der Waals surface area contributed by atoms with E-state index in [-0.39, 0.29) is 18.9 Å². The molecule has 27 heavy (non-hydrogen) atoms. The molecule has 0 aliphatic heterocycles. The van der Waals surface area contributed by atoms with Gasteiger partial charge in [-0.25, -0.2) is 15.0 Å². The standard InChI is InChI=1S/C11H17N5O2.C7H8O2/c1-3-8(4-17)18-7(2)16-6-15-9-10(12)13-5-14-11(9)16;8-7(9)6-4-2-1-3-5-6/h5-8,17H,3-4H2,1-2H3,(H2,12,13,14);1-5,7-9H. The molecule has 2 atom stereocenters. The maximum atomic E-state index is 9.13. The Morgan fingerprint density at radius 3 is 2.41 bits per heavy atom. The molecule has 0 bridgehead atoms. The van der Waals surface area contributed by atoms with Gasteiger partial charge in [0.05, 0.1) is 19.0 Å². The van der Waals surface area contributed by atoms with Crippen LogP contribution in [-0.2, 0) is 4.74 Å². The Hall–Kier alpha value is -2.59. The van der Waals surface area contributed by atoms with E-state index in [2.05, 4.69) is 15.0 Å². The van der Waals surface area contributed by atoms with Crippen molar-refractivity contribution in [2.24, 2.45) is 0 Å². The first-order valence-corrected chi connectivity index (χ1v) is 8.58. The Balaban J connectivity index is 0.000000244. The summed E-state index contributed by atoms with van der Waals surface area (Å²) in [5, 5.41) is 26.3. The number of ether oxygens (including phenoxy) is 1. The zero-order valence-electron chi connectivity index (χ0n) is 15.3. The smallest absolute Gasteiger partial charge is 0.178 e. The minimum absolute atomic E-state index is 0.00933. The molecule has 2 aromatic heterocycles. The molecular formula is C18H25N5O4. The third kappa shape index (κ3) is 5.44. The van der Waals surface area contributed by atoms with Gasteiger partial charge in [-0.3, -0.25) is 4.57 Å². The van der Waals surface area contributed by atoms with E-state index >= 15 is 0 Å². The van der Waals surface area contributed by atoms with Gasteiger partial charge in [-0.15, -0.1) is 0 Å². The van der Waals surface area contributed by atoms with Crippen LogP contribution in [0.25, 0.3) is 11.2 Å². The first-order chi connectivity index (χ1) is 13.0. The topological polar surface area (TPSA) is 140 Å². The second-order valence-electron chi connectivity index (χ2n) is 5.82. The number of nitrogens with two attached hydrogens (primary N) is 1. The number of anilines is 1. The molecule has 9 heteroatoms. The van der Waals surface area contributed by atoms with Crippen LogP contribution in [0.5, 0.6) is 0 Å². The number of imidazole rings is 1. The second-order valence-corrected chi connectivity index (χ2v) is 5.82. The number of benzene rings is 1. The average Bonchev–Trinajstić information content (AvgIpc) is 3.13. The molecule has 3 rings (SSSR count). The van der Waals surface area contributed by atoms with Crippen LogP contribution < -0.4 is 5.73 Å². The van der Waals surface area contributed by atoms with E-state index < -0.39 is 6.29 Å². The van der Waals surface area contributed by atoms with E-state index in [1.807, 2.05) is 19.9 Å². The summed E-state index contributed by atoms with van der Waals surface area (Å²) in [5.41, 5.74) is 7.43. The number of aliphatic hydroxyl groups excluding tert-OH is 2. The Bertz CT molecular complexity index is 821. The van der Waals surface area contributed by atoms with Crippen molar-refractivity contribution in [3.8, 4) is 0 Å². The zero-order chi connectivity index (χ0) is 19.8. The van der Waals surface area contributed by atoms with Crippen LogP contribution in [-0.4, -0.2) is 47.5 Å². The number of aliphatic hydroxyl groups is 3. The average molecular weight is 375 g/mol. The van der Waals surface area contributed by atoms with Crippen molar-refractivity contribution in [2.45, 2.75) is 38.9 Å². The summed E-state index contributed by atoms with van der Waals surface area (Å²) in [7, 11) is 0. The van der Waals surface area contributed by atoms with Crippen molar-refractivity contribution in [3.05, 3.63) is 48.5 Å². The lowest BCUT2D eigenvalue weighted by atomic mass is 10.2. The normalized spacial score (nSPS) is 13.3. The SMILES string of the molecule is CCC(CO)OC(C)n1cnc2c(N)ncnc21.OC(O)c1ccccc1. The molecule has 146 valence electrons.